The minimum atomic E-state index is -0.518. The normalized spacial score (nSPS) is 12.0. The second-order valence-electron chi connectivity index (χ2n) is 8.68. The number of amides is 1. The van der Waals surface area contributed by atoms with Crippen LogP contribution >= 0.6 is 0 Å². The maximum atomic E-state index is 12.1. The number of nitrogens with one attached hydrogen (secondary N) is 1. The number of hydrogen-bond acceptors (Lipinski definition) is 7. The third-order valence-electron chi connectivity index (χ3n) is 5.98. The molecule has 0 radical (unpaired) electrons. The van der Waals surface area contributed by atoms with Gasteiger partial charge >= 0.3 is 0 Å². The van der Waals surface area contributed by atoms with Crippen molar-refractivity contribution in [3.8, 4) is 11.4 Å². The largest absolute Gasteiger partial charge is 0.483 e. The van der Waals surface area contributed by atoms with Crippen LogP contribution in [-0.4, -0.2) is 53.6 Å². The van der Waals surface area contributed by atoms with Gasteiger partial charge in [-0.15, -0.1) is 5.10 Å². The zero-order valence-electron chi connectivity index (χ0n) is 20.7. The lowest BCUT2D eigenvalue weighted by Crippen LogP contribution is -2.18. The van der Waals surface area contributed by atoms with Gasteiger partial charge < -0.3 is 20.7 Å². The van der Waals surface area contributed by atoms with Crippen LogP contribution in [-0.2, 0) is 0 Å². The van der Waals surface area contributed by atoms with E-state index in [9.17, 15) is 4.79 Å². The van der Waals surface area contributed by atoms with E-state index in [0.29, 0.717) is 22.8 Å². The summed E-state index contributed by atoms with van der Waals surface area (Å²) in [7, 11) is 5.73. The van der Waals surface area contributed by atoms with Crippen LogP contribution in [0.2, 0.25) is 0 Å². The molecule has 0 bridgehead atoms. The number of primary amides is 1. The lowest BCUT2D eigenvalue weighted by molar-refractivity contribution is 0.1000. The number of ether oxygens (including phenoxy) is 1. The Balaban J connectivity index is 1.89. The Hall–Kier alpha value is -3.98. The summed E-state index contributed by atoms with van der Waals surface area (Å²) in [5.74, 6) is 0.744. The van der Waals surface area contributed by atoms with Crippen LogP contribution in [0.25, 0.3) is 16.6 Å². The first-order valence-corrected chi connectivity index (χ1v) is 11.5. The number of aromatic nitrogens is 4. The first-order chi connectivity index (χ1) is 16.8. The van der Waals surface area contributed by atoms with Gasteiger partial charge in [-0.05, 0) is 51.2 Å². The molecule has 0 aliphatic carbocycles. The molecule has 0 spiro atoms. The quantitative estimate of drug-likeness (QED) is 0.384. The number of nitrogens with zero attached hydrogens (tertiary/aromatic N) is 5. The maximum Gasteiger partial charge on any atom is 0.248 e. The molecule has 182 valence electrons. The van der Waals surface area contributed by atoms with Gasteiger partial charge in [0.05, 0.1) is 16.8 Å². The van der Waals surface area contributed by atoms with Crippen LogP contribution in [0.5, 0.6) is 5.75 Å². The van der Waals surface area contributed by atoms with Crippen LogP contribution in [0.4, 0.5) is 5.82 Å². The minimum Gasteiger partial charge on any atom is -0.483 e. The Kier molecular flexibility index (Phi) is 6.97. The molecule has 0 saturated carbocycles. The molecule has 1 unspecified atom stereocenters. The van der Waals surface area contributed by atoms with Crippen molar-refractivity contribution >= 4 is 22.6 Å². The van der Waals surface area contributed by atoms with Crippen LogP contribution in [0.3, 0.4) is 0 Å². The molecule has 0 aliphatic rings. The van der Waals surface area contributed by atoms with Gasteiger partial charge in [0.25, 0.3) is 0 Å². The molecule has 2 aromatic heterocycles. The zero-order chi connectivity index (χ0) is 25.1. The van der Waals surface area contributed by atoms with Crippen molar-refractivity contribution in [3.05, 3.63) is 71.0 Å². The molecule has 2 heterocycles. The first kappa shape index (κ1) is 24.2. The Bertz CT molecular complexity index is 1350. The Morgan fingerprint density at radius 1 is 1.14 bits per heavy atom. The molecule has 3 N–H and O–H groups in total. The van der Waals surface area contributed by atoms with Crippen molar-refractivity contribution < 1.29 is 9.53 Å². The van der Waals surface area contributed by atoms with Gasteiger partial charge in [-0.2, -0.15) is 10.2 Å². The molecular weight excluding hydrogens is 442 g/mol. The Morgan fingerprint density at radius 3 is 2.54 bits per heavy atom. The standard InChI is InChI=1S/C26H31N7O2/c1-16-23-17(2)33(31-24(23)26(30-29-16)32(4)5)20-15-19(25(27)34)11-12-22(20)35-21(13-14-28-3)18-9-7-6-8-10-18/h6-12,15,21,28H,13-14H2,1-5H3,(H2,27,34). The molecule has 0 fully saturated rings. The molecule has 1 amide bonds. The molecule has 1 atom stereocenters. The van der Waals surface area contributed by atoms with E-state index in [1.54, 1.807) is 22.9 Å². The number of carbonyl (C=O) groups excluding carboxylic acids is 1. The van der Waals surface area contributed by atoms with E-state index in [4.69, 9.17) is 15.6 Å². The van der Waals surface area contributed by atoms with Gasteiger partial charge in [0, 0.05) is 26.1 Å². The second kappa shape index (κ2) is 10.1. The molecule has 4 rings (SSSR count). The summed E-state index contributed by atoms with van der Waals surface area (Å²) in [4.78, 5) is 13.9. The van der Waals surface area contributed by atoms with Gasteiger partial charge in [-0.1, -0.05) is 30.3 Å². The molecule has 2 aromatic carbocycles. The van der Waals surface area contributed by atoms with Crippen molar-refractivity contribution in [1.82, 2.24) is 25.3 Å². The number of hydrogen-bond donors (Lipinski definition) is 2. The van der Waals surface area contributed by atoms with Crippen molar-refractivity contribution in [2.45, 2.75) is 26.4 Å². The smallest absolute Gasteiger partial charge is 0.248 e. The molecule has 35 heavy (non-hydrogen) atoms. The highest BCUT2D eigenvalue weighted by molar-refractivity contribution is 5.94. The average Bonchev–Trinajstić information content (AvgIpc) is 3.19. The fraction of sp³-hybridized carbons (Fsp3) is 0.308. The number of fused-ring (bicyclic) bond motifs is 1. The van der Waals surface area contributed by atoms with E-state index in [-0.39, 0.29) is 6.10 Å². The molecule has 4 aromatic rings. The van der Waals surface area contributed by atoms with E-state index in [0.717, 1.165) is 40.8 Å². The van der Waals surface area contributed by atoms with E-state index in [1.807, 2.05) is 58.1 Å². The number of anilines is 1. The van der Waals surface area contributed by atoms with Crippen molar-refractivity contribution in [3.63, 3.8) is 0 Å². The van der Waals surface area contributed by atoms with Gasteiger partial charge in [0.15, 0.2) is 5.82 Å². The van der Waals surface area contributed by atoms with Gasteiger partial charge in [0.2, 0.25) is 5.91 Å². The highest BCUT2D eigenvalue weighted by atomic mass is 16.5. The summed E-state index contributed by atoms with van der Waals surface area (Å²) < 4.78 is 8.37. The van der Waals surface area contributed by atoms with Crippen LogP contribution < -0.4 is 20.7 Å². The fourth-order valence-corrected chi connectivity index (χ4v) is 4.17. The lowest BCUT2D eigenvalue weighted by atomic mass is 10.1. The summed E-state index contributed by atoms with van der Waals surface area (Å²) >= 11 is 0. The third kappa shape index (κ3) is 4.81. The number of rotatable bonds is 9. The molecule has 9 nitrogen and oxygen atoms in total. The van der Waals surface area contributed by atoms with E-state index >= 15 is 0 Å². The second-order valence-corrected chi connectivity index (χ2v) is 8.68. The number of benzene rings is 2. The van der Waals surface area contributed by atoms with Crippen LogP contribution in [0.1, 0.15) is 39.8 Å². The van der Waals surface area contributed by atoms with E-state index < -0.39 is 5.91 Å². The monoisotopic (exact) mass is 473 g/mol. The molecule has 0 aliphatic heterocycles. The van der Waals surface area contributed by atoms with E-state index in [2.05, 4.69) is 27.6 Å². The predicted octanol–water partition coefficient (Wildman–Crippen LogP) is 3.33. The average molecular weight is 474 g/mol. The minimum absolute atomic E-state index is 0.200. The van der Waals surface area contributed by atoms with Gasteiger partial charge in [-0.25, -0.2) is 4.68 Å². The third-order valence-corrected chi connectivity index (χ3v) is 5.98. The molecule has 9 heteroatoms. The van der Waals surface area contributed by atoms with Crippen molar-refractivity contribution in [2.24, 2.45) is 5.73 Å². The number of carbonyl (C=O) groups is 1. The van der Waals surface area contributed by atoms with E-state index in [1.165, 1.54) is 0 Å². The van der Waals surface area contributed by atoms with Gasteiger partial charge in [0.1, 0.15) is 23.1 Å². The maximum absolute atomic E-state index is 12.1. The summed E-state index contributed by atoms with van der Waals surface area (Å²) in [5.41, 5.74) is 10.1. The molecule has 0 saturated heterocycles. The van der Waals surface area contributed by atoms with Gasteiger partial charge in [-0.3, -0.25) is 4.79 Å². The first-order valence-electron chi connectivity index (χ1n) is 11.5. The number of aryl methyl sites for hydroxylation is 2. The highest BCUT2D eigenvalue weighted by Gasteiger charge is 2.22. The van der Waals surface area contributed by atoms with Crippen molar-refractivity contribution in [1.29, 1.82) is 0 Å². The highest BCUT2D eigenvalue weighted by Crippen LogP contribution is 2.34. The summed E-state index contributed by atoms with van der Waals surface area (Å²) in [6, 6.07) is 15.3. The Labute approximate surface area is 204 Å². The summed E-state index contributed by atoms with van der Waals surface area (Å²) in [6.45, 7) is 4.66. The summed E-state index contributed by atoms with van der Waals surface area (Å²) in [5, 5.41) is 17.7. The van der Waals surface area contributed by atoms with Crippen molar-refractivity contribution in [2.75, 3.05) is 32.6 Å². The summed E-state index contributed by atoms with van der Waals surface area (Å²) in [6.07, 6.45) is 0.560. The fourth-order valence-electron chi connectivity index (χ4n) is 4.17. The van der Waals surface area contributed by atoms with Crippen LogP contribution in [0.15, 0.2) is 48.5 Å². The zero-order valence-corrected chi connectivity index (χ0v) is 20.7. The van der Waals surface area contributed by atoms with Crippen LogP contribution in [0, 0.1) is 13.8 Å². The SMILES string of the molecule is CNCCC(Oc1ccc(C(N)=O)cc1-n1nc2c(N(C)C)nnc(C)c2c1C)c1ccccc1. The number of nitrogens with two attached hydrogens (primary N) is 1. The lowest BCUT2D eigenvalue weighted by Gasteiger charge is -2.22. The topological polar surface area (TPSA) is 111 Å². The Morgan fingerprint density at radius 2 is 1.89 bits per heavy atom. The predicted molar refractivity (Wildman–Crippen MR) is 137 cm³/mol. The molecular formula is C26H31N7O2.